The maximum atomic E-state index is 12.2. The van der Waals surface area contributed by atoms with Crippen molar-refractivity contribution < 1.29 is 37.7 Å². The van der Waals surface area contributed by atoms with Crippen LogP contribution >= 0.6 is 0 Å². The number of halogens is 2. The minimum atomic E-state index is -1.28. The normalized spacial score (nSPS) is 12.0. The second-order valence-corrected chi connectivity index (χ2v) is 8.21. The average Bonchev–Trinajstić information content (AvgIpc) is 3.46. The molecule has 3 atom stereocenters. The predicted octanol–water partition coefficient (Wildman–Crippen LogP) is 3.94. The molecule has 1 heterocycles. The van der Waals surface area contributed by atoms with Crippen molar-refractivity contribution in [2.75, 3.05) is 32.6 Å². The molecule has 0 aliphatic heterocycles. The molecule has 10 nitrogen and oxygen atoms in total. The first-order valence-electron chi connectivity index (χ1n) is 13.1. The predicted molar refractivity (Wildman–Crippen MR) is 154 cm³/mol. The van der Waals surface area contributed by atoms with Crippen LogP contribution in [0, 0.1) is 18.6 Å². The van der Waals surface area contributed by atoms with E-state index in [1.807, 2.05) is 20.8 Å². The van der Waals surface area contributed by atoms with E-state index in [0.29, 0.717) is 11.1 Å². The first-order valence-corrected chi connectivity index (χ1v) is 13.1. The zero-order chi connectivity index (χ0) is 31.4. The molecule has 2 amide bonds. The Hall–Kier alpha value is -3.87. The van der Waals surface area contributed by atoms with E-state index in [0.717, 1.165) is 12.7 Å². The maximum absolute atomic E-state index is 12.2. The number of hydrogen-bond donors (Lipinski definition) is 5. The van der Waals surface area contributed by atoms with Crippen LogP contribution in [0.3, 0.4) is 0 Å². The second-order valence-electron chi connectivity index (χ2n) is 8.21. The Morgan fingerprint density at radius 2 is 1.61 bits per heavy atom. The number of aliphatic hydroxyl groups excluding tert-OH is 2. The summed E-state index contributed by atoms with van der Waals surface area (Å²) in [7, 11) is 3.28. The highest BCUT2D eigenvalue weighted by Gasteiger charge is 2.25. The van der Waals surface area contributed by atoms with Gasteiger partial charge in [-0.05, 0) is 50.6 Å². The molecule has 0 aliphatic rings. The number of nitrogens with zero attached hydrogens (tertiary/aromatic N) is 1. The van der Waals surface area contributed by atoms with Gasteiger partial charge in [0.1, 0.15) is 24.0 Å². The first-order chi connectivity index (χ1) is 19.5. The fraction of sp³-hybridized carbons (Fsp3) is 0.414. The van der Waals surface area contributed by atoms with E-state index in [1.54, 1.807) is 58.3 Å². The van der Waals surface area contributed by atoms with E-state index in [9.17, 15) is 28.6 Å². The van der Waals surface area contributed by atoms with Gasteiger partial charge in [0.25, 0.3) is 17.8 Å². The number of amides is 2. The third-order valence-electron chi connectivity index (χ3n) is 5.02. The van der Waals surface area contributed by atoms with Crippen molar-refractivity contribution in [2.24, 2.45) is 0 Å². The number of oxazole rings is 1. The summed E-state index contributed by atoms with van der Waals surface area (Å²) in [6.07, 6.45) is -1.37. The largest absolute Gasteiger partial charge is 0.431 e. The smallest absolute Gasteiger partial charge is 0.294 e. The molecule has 1 aromatic heterocycles. The molecule has 2 aromatic carbocycles. The fourth-order valence-electron chi connectivity index (χ4n) is 2.89. The molecule has 0 bridgehead atoms. The Bertz CT molecular complexity index is 1090. The van der Waals surface area contributed by atoms with Crippen molar-refractivity contribution in [3.63, 3.8) is 0 Å². The van der Waals surface area contributed by atoms with Crippen LogP contribution in [-0.4, -0.2) is 72.6 Å². The summed E-state index contributed by atoms with van der Waals surface area (Å²) in [5, 5.41) is 27.9. The summed E-state index contributed by atoms with van der Waals surface area (Å²) in [5.74, 6) is -1.96. The van der Waals surface area contributed by atoms with Crippen LogP contribution in [0.25, 0.3) is 0 Å². The van der Waals surface area contributed by atoms with E-state index >= 15 is 0 Å². The lowest BCUT2D eigenvalue weighted by atomic mass is 10.1. The Morgan fingerprint density at radius 3 is 2.07 bits per heavy atom. The van der Waals surface area contributed by atoms with E-state index in [2.05, 4.69) is 25.7 Å². The molecule has 0 saturated heterocycles. The first kappa shape index (κ1) is 37.1. The van der Waals surface area contributed by atoms with E-state index in [1.165, 1.54) is 18.4 Å². The van der Waals surface area contributed by atoms with E-state index in [4.69, 9.17) is 4.42 Å². The highest BCUT2D eigenvalue weighted by molar-refractivity contribution is 5.94. The SMILES string of the molecule is CC.CCOC.CNc1nc(C(=O)NCC(O)C(O)C(C)NC(=O)c2ccccc2)co1.Cc1cc(F)cc(F)c1. The summed E-state index contributed by atoms with van der Waals surface area (Å²) in [6, 6.07) is 11.4. The number of carbonyl (C=O) groups excluding carboxylic acids is 2. The lowest BCUT2D eigenvalue weighted by Gasteiger charge is -2.25. The highest BCUT2D eigenvalue weighted by atomic mass is 19.1. The molecule has 0 saturated carbocycles. The number of hydrogen-bond acceptors (Lipinski definition) is 8. The Morgan fingerprint density at radius 1 is 1.05 bits per heavy atom. The molecule has 12 heteroatoms. The monoisotopic (exact) mass is 580 g/mol. The number of nitrogens with one attached hydrogen (secondary N) is 3. The van der Waals surface area contributed by atoms with Crippen molar-refractivity contribution in [1.82, 2.24) is 15.6 Å². The number of benzene rings is 2. The summed E-state index contributed by atoms with van der Waals surface area (Å²) in [6.45, 7) is 9.77. The van der Waals surface area contributed by atoms with E-state index in [-0.39, 0.29) is 24.2 Å². The number of anilines is 1. The quantitative estimate of drug-likeness (QED) is 0.256. The molecule has 0 spiro atoms. The topological polar surface area (TPSA) is 146 Å². The van der Waals surface area contributed by atoms with Crippen LogP contribution in [0.15, 0.2) is 59.2 Å². The standard InChI is InChI=1S/C17H22N4O5.C7H6F2.C3H8O.C2H6/c1-10(20-15(24)11-6-4-3-5-7-11)14(23)13(22)8-19-16(25)12-9-26-17(18-2)21-12;1-5-2-6(8)4-7(9)3-5;1-3-4-2;1-2/h3-7,9-10,13-14,22-23H,8H2,1-2H3,(H,18,21)(H,19,25)(H,20,24);2-4H,1H3;3H2,1-2H3;1-2H3. The highest BCUT2D eigenvalue weighted by Crippen LogP contribution is 2.07. The van der Waals surface area contributed by atoms with Crippen LogP contribution in [0.4, 0.5) is 14.8 Å². The molecule has 41 heavy (non-hydrogen) atoms. The van der Waals surface area contributed by atoms with Crippen molar-refractivity contribution >= 4 is 17.8 Å². The Kier molecular flexibility index (Phi) is 19.0. The molecular formula is C29H42F2N4O6. The number of methoxy groups -OCH3 is 1. The summed E-state index contributed by atoms with van der Waals surface area (Å²) >= 11 is 0. The third kappa shape index (κ3) is 14.9. The molecule has 0 fully saturated rings. The van der Waals surface area contributed by atoms with Crippen LogP contribution in [0.2, 0.25) is 0 Å². The van der Waals surface area contributed by atoms with Crippen LogP contribution in [0.1, 0.15) is 54.1 Å². The minimum Gasteiger partial charge on any atom is -0.431 e. The molecule has 3 unspecified atom stereocenters. The van der Waals surface area contributed by atoms with Gasteiger partial charge < -0.3 is 35.3 Å². The molecule has 0 aliphatic carbocycles. The number of aromatic nitrogens is 1. The number of aryl methyl sites for hydroxylation is 1. The van der Waals surface area contributed by atoms with Gasteiger partial charge in [0.05, 0.1) is 12.1 Å². The number of carbonyl (C=O) groups is 2. The number of aliphatic hydroxyl groups is 2. The zero-order valence-electron chi connectivity index (χ0n) is 24.6. The second kappa shape index (κ2) is 21.0. The van der Waals surface area contributed by atoms with E-state index < -0.39 is 35.8 Å². The molecule has 0 radical (unpaired) electrons. The molecule has 5 N–H and O–H groups in total. The van der Waals surface area contributed by atoms with Gasteiger partial charge in [-0.2, -0.15) is 4.98 Å². The molecule has 3 aromatic rings. The average molecular weight is 581 g/mol. The van der Waals surface area contributed by atoms with Gasteiger partial charge in [0, 0.05) is 38.9 Å². The molecule has 3 rings (SSSR count). The summed E-state index contributed by atoms with van der Waals surface area (Å²) < 4.78 is 33.9. The van der Waals surface area contributed by atoms with Gasteiger partial charge in [0.2, 0.25) is 0 Å². The third-order valence-corrected chi connectivity index (χ3v) is 5.02. The lowest BCUT2D eigenvalue weighted by Crippen LogP contribution is -2.50. The van der Waals surface area contributed by atoms with Crippen molar-refractivity contribution in [3.05, 3.63) is 83.2 Å². The van der Waals surface area contributed by atoms with Crippen LogP contribution < -0.4 is 16.0 Å². The zero-order valence-corrected chi connectivity index (χ0v) is 24.6. The van der Waals surface area contributed by atoms with Crippen LogP contribution in [-0.2, 0) is 4.74 Å². The number of ether oxygens (including phenoxy) is 1. The maximum Gasteiger partial charge on any atom is 0.294 e. The summed E-state index contributed by atoms with van der Waals surface area (Å²) in [4.78, 5) is 27.8. The Balaban J connectivity index is 0.000000875. The van der Waals surface area contributed by atoms with Crippen molar-refractivity contribution in [2.45, 2.75) is 52.9 Å². The van der Waals surface area contributed by atoms with Gasteiger partial charge >= 0.3 is 0 Å². The van der Waals surface area contributed by atoms with Crippen molar-refractivity contribution in [3.8, 4) is 0 Å². The van der Waals surface area contributed by atoms with Gasteiger partial charge in [-0.1, -0.05) is 32.0 Å². The van der Waals surface area contributed by atoms with Crippen molar-refractivity contribution in [1.29, 1.82) is 0 Å². The fourth-order valence-corrected chi connectivity index (χ4v) is 2.89. The van der Waals surface area contributed by atoms with Gasteiger partial charge in [0.15, 0.2) is 5.69 Å². The summed E-state index contributed by atoms with van der Waals surface area (Å²) in [5.41, 5.74) is 1.09. The van der Waals surface area contributed by atoms with Gasteiger partial charge in [-0.15, -0.1) is 0 Å². The van der Waals surface area contributed by atoms with Gasteiger partial charge in [-0.25, -0.2) is 8.78 Å². The lowest BCUT2D eigenvalue weighted by molar-refractivity contribution is 0.00174. The Labute approximate surface area is 240 Å². The number of rotatable bonds is 9. The molecular weight excluding hydrogens is 538 g/mol. The van der Waals surface area contributed by atoms with Crippen LogP contribution in [0.5, 0.6) is 0 Å². The molecule has 228 valence electrons. The van der Waals surface area contributed by atoms with Gasteiger partial charge in [-0.3, -0.25) is 9.59 Å². The minimum absolute atomic E-state index is 0.0430.